The minimum Gasteiger partial charge on any atom is -0.496 e. The molecule has 0 aliphatic rings. The summed E-state index contributed by atoms with van der Waals surface area (Å²) in [4.78, 5) is 0. The molecular formula is C15H12F4O. The summed E-state index contributed by atoms with van der Waals surface area (Å²) in [5, 5.41) is 0. The number of hydrogen-bond donors (Lipinski definition) is 0. The number of methoxy groups -OCH3 is 1. The van der Waals surface area contributed by atoms with Crippen molar-refractivity contribution in [2.24, 2.45) is 0 Å². The van der Waals surface area contributed by atoms with E-state index < -0.39 is 17.6 Å². The predicted octanol–water partition coefficient (Wildman–Crippen LogP) is 4.83. The molecule has 1 nitrogen and oxygen atoms in total. The first-order valence-electron chi connectivity index (χ1n) is 5.85. The van der Waals surface area contributed by atoms with Gasteiger partial charge in [-0.1, -0.05) is 18.2 Å². The number of ether oxygens (including phenoxy) is 1. The molecule has 5 heteroatoms. The topological polar surface area (TPSA) is 9.23 Å². The molecule has 20 heavy (non-hydrogen) atoms. The van der Waals surface area contributed by atoms with E-state index in [4.69, 9.17) is 4.74 Å². The monoisotopic (exact) mass is 284 g/mol. The van der Waals surface area contributed by atoms with Crippen LogP contribution in [-0.2, 0) is 6.18 Å². The maximum Gasteiger partial charge on any atom is 0.417 e. The number of benzene rings is 2. The van der Waals surface area contributed by atoms with Gasteiger partial charge in [-0.05, 0) is 36.2 Å². The normalized spacial score (nSPS) is 11.5. The van der Waals surface area contributed by atoms with Crippen molar-refractivity contribution in [2.45, 2.75) is 13.1 Å². The molecule has 2 aromatic carbocycles. The molecule has 0 aromatic heterocycles. The minimum atomic E-state index is -4.51. The summed E-state index contributed by atoms with van der Waals surface area (Å²) in [5.74, 6) is -0.363. The summed E-state index contributed by atoms with van der Waals surface area (Å²) in [6.45, 7) is 1.58. The van der Waals surface area contributed by atoms with E-state index in [0.29, 0.717) is 5.56 Å². The van der Waals surface area contributed by atoms with Gasteiger partial charge in [0.15, 0.2) is 0 Å². The van der Waals surface area contributed by atoms with Crippen molar-refractivity contribution in [1.82, 2.24) is 0 Å². The first-order chi connectivity index (χ1) is 9.34. The standard InChI is InChI=1S/C15H12F4O/c1-9-7-10(16)8-12(14(9)20-2)11-5-3-4-6-13(11)15(17,18)19/h3-8H,1-2H3. The van der Waals surface area contributed by atoms with Crippen LogP contribution >= 0.6 is 0 Å². The van der Waals surface area contributed by atoms with E-state index >= 15 is 0 Å². The molecule has 0 radical (unpaired) electrons. The lowest BCUT2D eigenvalue weighted by molar-refractivity contribution is -0.137. The lowest BCUT2D eigenvalue weighted by atomic mass is 9.96. The molecule has 0 fully saturated rings. The summed E-state index contributed by atoms with van der Waals surface area (Å²) in [5.41, 5.74) is -0.375. The number of hydrogen-bond acceptors (Lipinski definition) is 1. The third-order valence-electron chi connectivity index (χ3n) is 2.97. The maximum atomic E-state index is 13.5. The number of halogens is 4. The second-order valence-corrected chi connectivity index (χ2v) is 4.35. The summed E-state index contributed by atoms with van der Waals surface area (Å²) in [6.07, 6.45) is -4.51. The van der Waals surface area contributed by atoms with Crippen molar-refractivity contribution in [3.8, 4) is 16.9 Å². The van der Waals surface area contributed by atoms with Gasteiger partial charge in [0.2, 0.25) is 0 Å². The second-order valence-electron chi connectivity index (χ2n) is 4.35. The van der Waals surface area contributed by atoms with Gasteiger partial charge in [0.05, 0.1) is 12.7 Å². The molecule has 2 rings (SSSR count). The largest absolute Gasteiger partial charge is 0.496 e. The lowest BCUT2D eigenvalue weighted by Crippen LogP contribution is -2.07. The van der Waals surface area contributed by atoms with E-state index in [9.17, 15) is 17.6 Å². The van der Waals surface area contributed by atoms with Crippen LogP contribution in [-0.4, -0.2) is 7.11 Å². The van der Waals surface area contributed by atoms with Gasteiger partial charge in [-0.2, -0.15) is 13.2 Å². The van der Waals surface area contributed by atoms with Crippen molar-refractivity contribution in [2.75, 3.05) is 7.11 Å². The number of alkyl halides is 3. The van der Waals surface area contributed by atoms with Gasteiger partial charge in [0.1, 0.15) is 11.6 Å². The fraction of sp³-hybridized carbons (Fsp3) is 0.200. The molecular weight excluding hydrogens is 272 g/mol. The minimum absolute atomic E-state index is 0.0953. The molecule has 0 spiro atoms. The molecule has 0 amide bonds. The summed E-state index contributed by atoms with van der Waals surface area (Å²) in [6, 6.07) is 7.32. The van der Waals surface area contributed by atoms with Crippen molar-refractivity contribution in [3.63, 3.8) is 0 Å². The van der Waals surface area contributed by atoms with E-state index in [1.165, 1.54) is 31.4 Å². The van der Waals surface area contributed by atoms with E-state index in [2.05, 4.69) is 0 Å². The molecule has 0 bridgehead atoms. The third-order valence-corrected chi connectivity index (χ3v) is 2.97. The Hall–Kier alpha value is -2.04. The first-order valence-corrected chi connectivity index (χ1v) is 5.85. The predicted molar refractivity (Wildman–Crippen MR) is 68.1 cm³/mol. The van der Waals surface area contributed by atoms with Crippen LogP contribution in [0.1, 0.15) is 11.1 Å². The van der Waals surface area contributed by atoms with Gasteiger partial charge >= 0.3 is 6.18 Å². The average Bonchev–Trinajstić information content (AvgIpc) is 2.37. The molecule has 0 atom stereocenters. The molecule has 0 heterocycles. The van der Waals surface area contributed by atoms with Crippen LogP contribution in [0, 0.1) is 12.7 Å². The molecule has 0 aliphatic heterocycles. The van der Waals surface area contributed by atoms with Crippen molar-refractivity contribution < 1.29 is 22.3 Å². The molecule has 0 unspecified atom stereocenters. The Kier molecular flexibility index (Phi) is 3.70. The molecule has 0 saturated carbocycles. The zero-order valence-corrected chi connectivity index (χ0v) is 10.9. The lowest BCUT2D eigenvalue weighted by Gasteiger charge is -2.16. The molecule has 106 valence electrons. The van der Waals surface area contributed by atoms with Crippen LogP contribution in [0.25, 0.3) is 11.1 Å². The van der Waals surface area contributed by atoms with Gasteiger partial charge in [-0.15, -0.1) is 0 Å². The van der Waals surface area contributed by atoms with Crippen LogP contribution in [0.4, 0.5) is 17.6 Å². The molecule has 0 aliphatic carbocycles. The van der Waals surface area contributed by atoms with E-state index in [-0.39, 0.29) is 16.9 Å². The van der Waals surface area contributed by atoms with E-state index in [1.54, 1.807) is 6.92 Å². The van der Waals surface area contributed by atoms with Crippen LogP contribution in [0.2, 0.25) is 0 Å². The zero-order valence-electron chi connectivity index (χ0n) is 10.9. The Bertz CT molecular complexity index is 632. The zero-order chi connectivity index (χ0) is 14.9. The Morgan fingerprint density at radius 2 is 1.65 bits per heavy atom. The SMILES string of the molecule is COc1c(C)cc(F)cc1-c1ccccc1C(F)(F)F. The van der Waals surface area contributed by atoms with E-state index in [1.807, 2.05) is 0 Å². The highest BCUT2D eigenvalue weighted by Gasteiger charge is 2.34. The van der Waals surface area contributed by atoms with Gasteiger partial charge in [-0.3, -0.25) is 0 Å². The Balaban J connectivity index is 2.75. The quantitative estimate of drug-likeness (QED) is 0.718. The van der Waals surface area contributed by atoms with Gasteiger partial charge < -0.3 is 4.74 Å². The second kappa shape index (κ2) is 5.15. The highest BCUT2D eigenvalue weighted by Crippen LogP contribution is 2.41. The van der Waals surface area contributed by atoms with Crippen molar-refractivity contribution in [3.05, 3.63) is 53.3 Å². The van der Waals surface area contributed by atoms with Crippen molar-refractivity contribution >= 4 is 0 Å². The fourth-order valence-electron chi connectivity index (χ4n) is 2.17. The fourth-order valence-corrected chi connectivity index (χ4v) is 2.17. The van der Waals surface area contributed by atoms with Gasteiger partial charge in [-0.25, -0.2) is 4.39 Å². The van der Waals surface area contributed by atoms with Crippen LogP contribution in [0.5, 0.6) is 5.75 Å². The van der Waals surface area contributed by atoms with E-state index in [0.717, 1.165) is 12.1 Å². The smallest absolute Gasteiger partial charge is 0.417 e. The first kappa shape index (κ1) is 14.4. The van der Waals surface area contributed by atoms with Gasteiger partial charge in [0.25, 0.3) is 0 Å². The summed E-state index contributed by atoms with van der Waals surface area (Å²) >= 11 is 0. The van der Waals surface area contributed by atoms with Gasteiger partial charge in [0, 0.05) is 5.56 Å². The molecule has 0 saturated heterocycles. The summed E-state index contributed by atoms with van der Waals surface area (Å²) < 4.78 is 57.7. The average molecular weight is 284 g/mol. The number of aryl methyl sites for hydroxylation is 1. The number of rotatable bonds is 2. The van der Waals surface area contributed by atoms with Crippen molar-refractivity contribution in [1.29, 1.82) is 0 Å². The summed E-state index contributed by atoms with van der Waals surface area (Å²) in [7, 11) is 1.35. The molecule has 0 N–H and O–H groups in total. The Morgan fingerprint density at radius 3 is 2.25 bits per heavy atom. The van der Waals surface area contributed by atoms with Crippen LogP contribution in [0.3, 0.4) is 0 Å². The maximum absolute atomic E-state index is 13.5. The van der Waals surface area contributed by atoms with Crippen LogP contribution < -0.4 is 4.74 Å². The van der Waals surface area contributed by atoms with Crippen LogP contribution in [0.15, 0.2) is 36.4 Å². The highest BCUT2D eigenvalue weighted by atomic mass is 19.4. The highest BCUT2D eigenvalue weighted by molar-refractivity contribution is 5.75. The third kappa shape index (κ3) is 2.61. The molecule has 2 aromatic rings. The Labute approximate surface area is 113 Å². The Morgan fingerprint density at radius 1 is 1.00 bits per heavy atom.